The van der Waals surface area contributed by atoms with Crippen LogP contribution in [0.5, 0.6) is 0 Å². The molecule has 110 valence electrons. The Hall–Kier alpha value is -1.84. The molecular formula is C16H24N2O2. The van der Waals surface area contributed by atoms with Gasteiger partial charge in [-0.3, -0.25) is 9.59 Å². The fraction of sp³-hybridized carbons (Fsp3) is 0.500. The van der Waals surface area contributed by atoms with Crippen molar-refractivity contribution in [3.05, 3.63) is 35.9 Å². The standard InChI is InChI=1S/C16H24N2O2/c1-4-5-11-14(19)18-15(16(20)17-12(2)3)13-9-7-6-8-10-13/h6-10,12,15H,4-5,11H2,1-3H3,(H,17,20)(H,18,19)/t15-/m0/s1. The Balaban J connectivity index is 2.79. The van der Waals surface area contributed by atoms with Crippen LogP contribution in [0.3, 0.4) is 0 Å². The van der Waals surface area contributed by atoms with Gasteiger partial charge in [-0.05, 0) is 25.8 Å². The zero-order valence-electron chi connectivity index (χ0n) is 12.5. The largest absolute Gasteiger partial charge is 0.352 e. The molecule has 0 bridgehead atoms. The normalized spacial score (nSPS) is 12.0. The van der Waals surface area contributed by atoms with Crippen molar-refractivity contribution in [2.75, 3.05) is 0 Å². The summed E-state index contributed by atoms with van der Waals surface area (Å²) in [5.74, 6) is -0.254. The summed E-state index contributed by atoms with van der Waals surface area (Å²) < 4.78 is 0. The number of carbonyl (C=O) groups excluding carboxylic acids is 2. The predicted octanol–water partition coefficient (Wildman–Crippen LogP) is 2.56. The molecular weight excluding hydrogens is 252 g/mol. The first-order valence-corrected chi connectivity index (χ1v) is 7.19. The molecule has 0 saturated heterocycles. The van der Waals surface area contributed by atoms with Crippen molar-refractivity contribution in [1.29, 1.82) is 0 Å². The number of unbranched alkanes of at least 4 members (excludes halogenated alkanes) is 1. The molecule has 1 aromatic rings. The average Bonchev–Trinajstić information content (AvgIpc) is 2.42. The Bertz CT molecular complexity index is 429. The van der Waals surface area contributed by atoms with E-state index in [-0.39, 0.29) is 17.9 Å². The Morgan fingerprint density at radius 2 is 1.75 bits per heavy atom. The smallest absolute Gasteiger partial charge is 0.247 e. The SMILES string of the molecule is CCCCC(=O)N[C@H](C(=O)NC(C)C)c1ccccc1. The van der Waals surface area contributed by atoms with Crippen LogP contribution in [-0.4, -0.2) is 17.9 Å². The highest BCUT2D eigenvalue weighted by atomic mass is 16.2. The lowest BCUT2D eigenvalue weighted by molar-refractivity contribution is -0.129. The Kier molecular flexibility index (Phi) is 6.77. The maximum Gasteiger partial charge on any atom is 0.247 e. The second-order valence-corrected chi connectivity index (χ2v) is 5.18. The first kappa shape index (κ1) is 16.2. The molecule has 0 aromatic heterocycles. The number of rotatable bonds is 7. The van der Waals surface area contributed by atoms with E-state index < -0.39 is 6.04 Å². The van der Waals surface area contributed by atoms with Gasteiger partial charge in [0.25, 0.3) is 0 Å². The minimum absolute atomic E-state index is 0.0428. The van der Waals surface area contributed by atoms with Gasteiger partial charge in [-0.25, -0.2) is 0 Å². The van der Waals surface area contributed by atoms with Gasteiger partial charge in [0, 0.05) is 12.5 Å². The summed E-state index contributed by atoms with van der Waals surface area (Å²) in [6, 6.07) is 8.74. The van der Waals surface area contributed by atoms with Crippen LogP contribution in [0.25, 0.3) is 0 Å². The van der Waals surface area contributed by atoms with Crippen LogP contribution < -0.4 is 10.6 Å². The van der Waals surface area contributed by atoms with E-state index in [0.29, 0.717) is 6.42 Å². The number of hydrogen-bond donors (Lipinski definition) is 2. The zero-order valence-corrected chi connectivity index (χ0v) is 12.5. The Morgan fingerprint density at radius 1 is 1.10 bits per heavy atom. The van der Waals surface area contributed by atoms with Crippen molar-refractivity contribution in [1.82, 2.24) is 10.6 Å². The van der Waals surface area contributed by atoms with Crippen molar-refractivity contribution in [2.45, 2.75) is 52.1 Å². The van der Waals surface area contributed by atoms with Gasteiger partial charge in [-0.2, -0.15) is 0 Å². The van der Waals surface area contributed by atoms with Gasteiger partial charge in [0.2, 0.25) is 11.8 Å². The summed E-state index contributed by atoms with van der Waals surface area (Å²) in [6.45, 7) is 5.84. The van der Waals surface area contributed by atoms with Gasteiger partial charge in [-0.1, -0.05) is 43.7 Å². The van der Waals surface area contributed by atoms with E-state index in [9.17, 15) is 9.59 Å². The third-order valence-corrected chi connectivity index (χ3v) is 2.89. The molecule has 0 spiro atoms. The molecule has 0 saturated carbocycles. The molecule has 0 aliphatic heterocycles. The van der Waals surface area contributed by atoms with Crippen LogP contribution in [0, 0.1) is 0 Å². The van der Waals surface area contributed by atoms with Gasteiger partial charge < -0.3 is 10.6 Å². The Morgan fingerprint density at radius 3 is 2.30 bits per heavy atom. The fourth-order valence-corrected chi connectivity index (χ4v) is 1.88. The van der Waals surface area contributed by atoms with Crippen LogP contribution in [0.15, 0.2) is 30.3 Å². The van der Waals surface area contributed by atoms with Gasteiger partial charge in [0.15, 0.2) is 0 Å². The minimum atomic E-state index is -0.622. The highest BCUT2D eigenvalue weighted by Crippen LogP contribution is 2.13. The summed E-state index contributed by atoms with van der Waals surface area (Å²) in [7, 11) is 0. The molecule has 0 heterocycles. The lowest BCUT2D eigenvalue weighted by Crippen LogP contribution is -2.42. The number of hydrogen-bond acceptors (Lipinski definition) is 2. The summed E-state index contributed by atoms with van der Waals surface area (Å²) in [4.78, 5) is 24.1. The van der Waals surface area contributed by atoms with Gasteiger partial charge in [0.05, 0.1) is 0 Å². The zero-order chi connectivity index (χ0) is 15.0. The van der Waals surface area contributed by atoms with E-state index in [2.05, 4.69) is 10.6 Å². The topological polar surface area (TPSA) is 58.2 Å². The quantitative estimate of drug-likeness (QED) is 0.804. The first-order chi connectivity index (χ1) is 9.54. The summed E-state index contributed by atoms with van der Waals surface area (Å²) in [6.07, 6.45) is 2.25. The van der Waals surface area contributed by atoms with Crippen LogP contribution in [-0.2, 0) is 9.59 Å². The maximum absolute atomic E-state index is 12.2. The van der Waals surface area contributed by atoms with E-state index in [1.54, 1.807) is 0 Å². The molecule has 0 aliphatic rings. The molecule has 0 radical (unpaired) electrons. The van der Waals surface area contributed by atoms with Crippen LogP contribution in [0.2, 0.25) is 0 Å². The Labute approximate surface area is 121 Å². The number of benzene rings is 1. The maximum atomic E-state index is 12.2. The monoisotopic (exact) mass is 276 g/mol. The number of nitrogens with one attached hydrogen (secondary N) is 2. The summed E-state index contributed by atoms with van der Waals surface area (Å²) in [5, 5.41) is 5.67. The molecule has 1 aromatic carbocycles. The highest BCUT2D eigenvalue weighted by Gasteiger charge is 2.22. The second kappa shape index (κ2) is 8.35. The fourth-order valence-electron chi connectivity index (χ4n) is 1.88. The van der Waals surface area contributed by atoms with Crippen molar-refractivity contribution in [2.24, 2.45) is 0 Å². The van der Waals surface area contributed by atoms with E-state index in [1.165, 1.54) is 0 Å². The van der Waals surface area contributed by atoms with E-state index in [1.807, 2.05) is 51.1 Å². The predicted molar refractivity (Wildman–Crippen MR) is 80.1 cm³/mol. The summed E-state index contributed by atoms with van der Waals surface area (Å²) in [5.41, 5.74) is 0.801. The third kappa shape index (κ3) is 5.43. The lowest BCUT2D eigenvalue weighted by Gasteiger charge is -2.20. The number of amides is 2. The molecule has 2 N–H and O–H groups in total. The number of carbonyl (C=O) groups is 2. The molecule has 0 fully saturated rings. The third-order valence-electron chi connectivity index (χ3n) is 2.89. The van der Waals surface area contributed by atoms with Crippen molar-refractivity contribution < 1.29 is 9.59 Å². The lowest BCUT2D eigenvalue weighted by atomic mass is 10.1. The van der Waals surface area contributed by atoms with E-state index in [4.69, 9.17) is 0 Å². The average molecular weight is 276 g/mol. The molecule has 20 heavy (non-hydrogen) atoms. The molecule has 0 aliphatic carbocycles. The van der Waals surface area contributed by atoms with Crippen molar-refractivity contribution in [3.8, 4) is 0 Å². The molecule has 4 heteroatoms. The van der Waals surface area contributed by atoms with E-state index in [0.717, 1.165) is 18.4 Å². The minimum Gasteiger partial charge on any atom is -0.352 e. The van der Waals surface area contributed by atoms with Crippen molar-refractivity contribution >= 4 is 11.8 Å². The molecule has 2 amide bonds. The van der Waals surface area contributed by atoms with Crippen LogP contribution in [0.1, 0.15) is 51.6 Å². The molecule has 4 nitrogen and oxygen atoms in total. The van der Waals surface area contributed by atoms with Gasteiger partial charge in [0.1, 0.15) is 6.04 Å². The first-order valence-electron chi connectivity index (χ1n) is 7.19. The van der Waals surface area contributed by atoms with Gasteiger partial charge in [-0.15, -0.1) is 0 Å². The second-order valence-electron chi connectivity index (χ2n) is 5.18. The van der Waals surface area contributed by atoms with Crippen LogP contribution >= 0.6 is 0 Å². The van der Waals surface area contributed by atoms with Crippen LogP contribution in [0.4, 0.5) is 0 Å². The molecule has 1 atom stereocenters. The van der Waals surface area contributed by atoms with E-state index >= 15 is 0 Å². The highest BCUT2D eigenvalue weighted by molar-refractivity contribution is 5.88. The molecule has 0 unspecified atom stereocenters. The molecule has 1 rings (SSSR count). The van der Waals surface area contributed by atoms with Crippen molar-refractivity contribution in [3.63, 3.8) is 0 Å². The van der Waals surface area contributed by atoms with Gasteiger partial charge >= 0.3 is 0 Å². The summed E-state index contributed by atoms with van der Waals surface area (Å²) >= 11 is 0.